The van der Waals surface area contributed by atoms with Crippen molar-refractivity contribution in [2.24, 2.45) is 0 Å². The van der Waals surface area contributed by atoms with E-state index in [1.165, 1.54) is 0 Å². The summed E-state index contributed by atoms with van der Waals surface area (Å²) in [6, 6.07) is 7.01. The Morgan fingerprint density at radius 1 is 1.26 bits per heavy atom. The second kappa shape index (κ2) is 6.77. The molecule has 1 aromatic heterocycles. The molecule has 1 aliphatic heterocycles. The summed E-state index contributed by atoms with van der Waals surface area (Å²) in [6.45, 7) is -0.0185. The molecule has 0 spiro atoms. The molecule has 3 saturated carbocycles. The number of nitrogens with one attached hydrogen (secondary N) is 2. The molecule has 2 heterocycles. The summed E-state index contributed by atoms with van der Waals surface area (Å²) in [5.41, 5.74) is -1.01. The van der Waals surface area contributed by atoms with Crippen LogP contribution in [0.4, 0.5) is 23.2 Å². The van der Waals surface area contributed by atoms with E-state index in [4.69, 9.17) is 9.47 Å². The van der Waals surface area contributed by atoms with Gasteiger partial charge in [-0.25, -0.2) is 4.39 Å². The standard InChI is InChI=1S/C23H20F4N4O3/c1-33-13-2-3-16-12(4-13)8-31(30-16)22-9-21(10-22,11-22)29-20(32)19-7-28-17-5-14(23(25,26)27)15(24)6-18(17)34-19/h2-6,8,19,28H,7,9-11H2,1H3,(H,29,32). The van der Waals surface area contributed by atoms with Gasteiger partial charge in [0.2, 0.25) is 0 Å². The zero-order valence-electron chi connectivity index (χ0n) is 18.0. The molecule has 1 atom stereocenters. The van der Waals surface area contributed by atoms with E-state index in [0.717, 1.165) is 35.9 Å². The molecule has 7 nitrogen and oxygen atoms in total. The van der Waals surface area contributed by atoms with Crippen molar-refractivity contribution in [1.29, 1.82) is 0 Å². The first kappa shape index (κ1) is 21.1. The van der Waals surface area contributed by atoms with Crippen LogP contribution in [0.3, 0.4) is 0 Å². The predicted molar refractivity (Wildman–Crippen MR) is 113 cm³/mol. The molecule has 1 unspecified atom stereocenters. The summed E-state index contributed by atoms with van der Waals surface area (Å²) in [7, 11) is 1.61. The number of rotatable bonds is 4. The van der Waals surface area contributed by atoms with Crippen LogP contribution in [-0.4, -0.2) is 41.0 Å². The predicted octanol–water partition coefficient (Wildman–Crippen LogP) is 3.82. The van der Waals surface area contributed by atoms with Crippen LogP contribution >= 0.6 is 0 Å². The highest BCUT2D eigenvalue weighted by molar-refractivity contribution is 5.84. The Hall–Kier alpha value is -3.50. The quantitative estimate of drug-likeness (QED) is 0.560. The fourth-order valence-corrected chi connectivity index (χ4v) is 5.38. The van der Waals surface area contributed by atoms with Gasteiger partial charge in [-0.15, -0.1) is 0 Å². The average molecular weight is 476 g/mol. The Balaban J connectivity index is 1.11. The minimum absolute atomic E-state index is 0.00428. The molecule has 34 heavy (non-hydrogen) atoms. The number of carbonyl (C=O) groups is 1. The molecule has 11 heteroatoms. The fraction of sp³-hybridized carbons (Fsp3) is 0.391. The molecular weight excluding hydrogens is 456 g/mol. The Bertz CT molecular complexity index is 1320. The van der Waals surface area contributed by atoms with Crippen LogP contribution < -0.4 is 20.1 Å². The van der Waals surface area contributed by atoms with Crippen LogP contribution in [0, 0.1) is 5.82 Å². The second-order valence-corrected chi connectivity index (χ2v) is 9.34. The van der Waals surface area contributed by atoms with E-state index in [1.54, 1.807) is 7.11 Å². The fourth-order valence-electron chi connectivity index (χ4n) is 5.38. The van der Waals surface area contributed by atoms with Crippen molar-refractivity contribution in [3.8, 4) is 11.5 Å². The monoisotopic (exact) mass is 476 g/mol. The van der Waals surface area contributed by atoms with Crippen molar-refractivity contribution in [2.75, 3.05) is 19.0 Å². The lowest BCUT2D eigenvalue weighted by molar-refractivity contribution is -0.163. The van der Waals surface area contributed by atoms with Crippen LogP contribution in [0.25, 0.3) is 10.9 Å². The van der Waals surface area contributed by atoms with Crippen LogP contribution in [0.2, 0.25) is 0 Å². The molecule has 178 valence electrons. The second-order valence-electron chi connectivity index (χ2n) is 9.34. The zero-order chi connectivity index (χ0) is 23.9. The number of anilines is 1. The van der Waals surface area contributed by atoms with Gasteiger partial charge in [-0.05, 0) is 43.5 Å². The Morgan fingerprint density at radius 3 is 2.74 bits per heavy atom. The molecular formula is C23H20F4N4O3. The van der Waals surface area contributed by atoms with Crippen LogP contribution in [0.5, 0.6) is 11.5 Å². The van der Waals surface area contributed by atoms with E-state index < -0.39 is 23.7 Å². The van der Waals surface area contributed by atoms with Crippen molar-refractivity contribution in [3.63, 3.8) is 0 Å². The number of nitrogens with zero attached hydrogens (tertiary/aromatic N) is 2. The molecule has 2 N–H and O–H groups in total. The van der Waals surface area contributed by atoms with Gasteiger partial charge in [-0.1, -0.05) is 0 Å². The van der Waals surface area contributed by atoms with Gasteiger partial charge in [-0.2, -0.15) is 18.3 Å². The van der Waals surface area contributed by atoms with Gasteiger partial charge < -0.3 is 20.1 Å². The highest BCUT2D eigenvalue weighted by Gasteiger charge is 2.70. The molecule has 4 aliphatic rings. The molecule has 3 aliphatic carbocycles. The van der Waals surface area contributed by atoms with Gasteiger partial charge in [0.25, 0.3) is 5.91 Å². The van der Waals surface area contributed by atoms with Crippen molar-refractivity contribution >= 4 is 22.5 Å². The normalized spacial score (nSPS) is 27.0. The average Bonchev–Trinajstić information content (AvgIpc) is 3.16. The number of amides is 1. The van der Waals surface area contributed by atoms with E-state index in [2.05, 4.69) is 15.7 Å². The number of methoxy groups -OCH3 is 1. The largest absolute Gasteiger partial charge is 0.497 e. The van der Waals surface area contributed by atoms with Crippen molar-refractivity contribution < 1.29 is 31.8 Å². The summed E-state index contributed by atoms with van der Waals surface area (Å²) < 4.78 is 65.4. The van der Waals surface area contributed by atoms with Crippen molar-refractivity contribution in [3.05, 3.63) is 47.9 Å². The highest BCUT2D eigenvalue weighted by atomic mass is 19.4. The number of fused-ring (bicyclic) bond motifs is 2. The number of halogens is 4. The number of benzene rings is 2. The number of aromatic nitrogens is 2. The van der Waals surface area contributed by atoms with Gasteiger partial charge in [-0.3, -0.25) is 9.48 Å². The third-order valence-corrected chi connectivity index (χ3v) is 7.00. The first-order valence-electron chi connectivity index (χ1n) is 10.8. The molecule has 7 rings (SSSR count). The lowest BCUT2D eigenvalue weighted by atomic mass is 9.44. The lowest BCUT2D eigenvalue weighted by Gasteiger charge is -2.70. The molecule has 2 aromatic carbocycles. The van der Waals surface area contributed by atoms with Crippen LogP contribution in [0.15, 0.2) is 36.5 Å². The topological polar surface area (TPSA) is 77.4 Å². The summed E-state index contributed by atoms with van der Waals surface area (Å²) in [5.74, 6) is -1.20. The maximum absolute atomic E-state index is 13.9. The SMILES string of the molecule is COc1ccc2nn(C34CC(NC(=O)C5CNc6cc(C(F)(F)F)c(F)cc6O5)(C3)C4)cc2c1. The Morgan fingerprint density at radius 2 is 2.03 bits per heavy atom. The molecule has 0 radical (unpaired) electrons. The molecule has 2 bridgehead atoms. The Kier molecular flexibility index (Phi) is 4.19. The summed E-state index contributed by atoms with van der Waals surface area (Å²) in [5, 5.41) is 11.4. The maximum atomic E-state index is 13.9. The van der Waals surface area contributed by atoms with Crippen LogP contribution in [-0.2, 0) is 16.5 Å². The number of carbonyl (C=O) groups excluding carboxylic acids is 1. The molecule has 3 aromatic rings. The number of hydrogen-bond acceptors (Lipinski definition) is 5. The van der Waals surface area contributed by atoms with Crippen molar-refractivity contribution in [1.82, 2.24) is 15.1 Å². The number of hydrogen-bond donors (Lipinski definition) is 2. The van der Waals surface area contributed by atoms with Crippen molar-refractivity contribution in [2.45, 2.75) is 42.6 Å². The van der Waals surface area contributed by atoms with Gasteiger partial charge in [0.15, 0.2) is 6.10 Å². The Labute approximate surface area is 191 Å². The smallest absolute Gasteiger partial charge is 0.419 e. The van der Waals surface area contributed by atoms with E-state index in [0.29, 0.717) is 12.1 Å². The first-order valence-corrected chi connectivity index (χ1v) is 10.8. The van der Waals surface area contributed by atoms with Crippen LogP contribution in [0.1, 0.15) is 24.8 Å². The third-order valence-electron chi connectivity index (χ3n) is 7.00. The van der Waals surface area contributed by atoms with Gasteiger partial charge in [0, 0.05) is 23.2 Å². The molecule has 1 amide bonds. The van der Waals surface area contributed by atoms with E-state index in [1.807, 2.05) is 29.1 Å². The van der Waals surface area contributed by atoms with Gasteiger partial charge in [0.05, 0.1) is 36.0 Å². The molecule has 3 fully saturated rings. The number of ether oxygens (including phenoxy) is 2. The van der Waals surface area contributed by atoms with E-state index in [9.17, 15) is 22.4 Å². The third kappa shape index (κ3) is 3.09. The van der Waals surface area contributed by atoms with Gasteiger partial charge >= 0.3 is 6.18 Å². The van der Waals surface area contributed by atoms with E-state index in [-0.39, 0.29) is 35.0 Å². The highest BCUT2D eigenvalue weighted by Crippen LogP contribution is 2.65. The summed E-state index contributed by atoms with van der Waals surface area (Å²) in [6.07, 6.45) is -1.65. The maximum Gasteiger partial charge on any atom is 0.419 e. The first-order chi connectivity index (χ1) is 16.1. The minimum atomic E-state index is -4.82. The molecule has 0 saturated heterocycles. The summed E-state index contributed by atoms with van der Waals surface area (Å²) >= 11 is 0. The zero-order valence-corrected chi connectivity index (χ0v) is 18.0. The minimum Gasteiger partial charge on any atom is -0.497 e. The van der Waals surface area contributed by atoms with E-state index >= 15 is 0 Å². The summed E-state index contributed by atoms with van der Waals surface area (Å²) in [4.78, 5) is 12.8. The number of alkyl halides is 3. The van der Waals surface area contributed by atoms with Gasteiger partial charge in [0.1, 0.15) is 17.3 Å². The lowest BCUT2D eigenvalue weighted by Crippen LogP contribution is -2.79.